The summed E-state index contributed by atoms with van der Waals surface area (Å²) in [5.74, 6) is 1.89. The number of piperidine rings is 1. The van der Waals surface area contributed by atoms with Gasteiger partial charge in [-0.05, 0) is 50.4 Å². The van der Waals surface area contributed by atoms with Crippen molar-refractivity contribution < 1.29 is 14.3 Å². The first kappa shape index (κ1) is 21.3. The van der Waals surface area contributed by atoms with E-state index >= 15 is 0 Å². The lowest BCUT2D eigenvalue weighted by Crippen LogP contribution is -2.37. The van der Waals surface area contributed by atoms with Crippen LogP contribution in [0.3, 0.4) is 0 Å². The molecular formula is C22H30N6O3. The van der Waals surface area contributed by atoms with Gasteiger partial charge in [0.15, 0.2) is 0 Å². The average Bonchev–Trinajstić information content (AvgIpc) is 3.17. The quantitative estimate of drug-likeness (QED) is 0.696. The van der Waals surface area contributed by atoms with Crippen molar-refractivity contribution in [2.24, 2.45) is 5.92 Å². The molecular weight excluding hydrogens is 396 g/mol. The molecule has 0 aromatic carbocycles. The number of aromatic nitrogens is 3. The van der Waals surface area contributed by atoms with Crippen LogP contribution in [0.4, 0.5) is 16.6 Å². The first-order chi connectivity index (χ1) is 15.0. The van der Waals surface area contributed by atoms with Gasteiger partial charge in [-0.25, -0.2) is 14.8 Å². The maximum Gasteiger partial charge on any atom is 0.415 e. The summed E-state index contributed by atoms with van der Waals surface area (Å²) in [5, 5.41) is 6.62. The summed E-state index contributed by atoms with van der Waals surface area (Å²) < 4.78 is 11.2. The van der Waals surface area contributed by atoms with Gasteiger partial charge in [-0.1, -0.05) is 19.9 Å². The van der Waals surface area contributed by atoms with E-state index in [0.29, 0.717) is 24.3 Å². The van der Waals surface area contributed by atoms with Gasteiger partial charge in [0.05, 0.1) is 12.1 Å². The second kappa shape index (κ2) is 9.47. The molecule has 2 aliphatic rings. The molecule has 1 unspecified atom stereocenters. The van der Waals surface area contributed by atoms with Gasteiger partial charge < -0.3 is 20.1 Å². The van der Waals surface area contributed by atoms with Crippen molar-refractivity contribution in [3.63, 3.8) is 0 Å². The van der Waals surface area contributed by atoms with E-state index in [2.05, 4.69) is 39.4 Å². The first-order valence-electron chi connectivity index (χ1n) is 10.9. The molecule has 2 aliphatic heterocycles. The van der Waals surface area contributed by atoms with Crippen LogP contribution in [0.15, 0.2) is 30.6 Å². The van der Waals surface area contributed by atoms with Gasteiger partial charge in [-0.2, -0.15) is 4.98 Å². The number of pyridine rings is 1. The second-order valence-electron chi connectivity index (χ2n) is 8.36. The van der Waals surface area contributed by atoms with Crippen LogP contribution in [0, 0.1) is 5.92 Å². The molecule has 2 aromatic heterocycles. The molecule has 4 heterocycles. The Hall–Kier alpha value is -2.94. The molecule has 2 N–H and O–H groups in total. The van der Waals surface area contributed by atoms with Crippen molar-refractivity contribution in [3.05, 3.63) is 36.2 Å². The second-order valence-corrected chi connectivity index (χ2v) is 8.36. The fourth-order valence-corrected chi connectivity index (χ4v) is 3.82. The van der Waals surface area contributed by atoms with E-state index < -0.39 is 0 Å². The molecule has 2 fully saturated rings. The summed E-state index contributed by atoms with van der Waals surface area (Å²) in [6, 6.07) is 5.52. The number of rotatable bonds is 7. The Morgan fingerprint density at radius 3 is 2.71 bits per heavy atom. The van der Waals surface area contributed by atoms with Gasteiger partial charge >= 0.3 is 6.09 Å². The number of anilines is 2. The molecule has 2 saturated heterocycles. The summed E-state index contributed by atoms with van der Waals surface area (Å²) in [4.78, 5) is 27.2. The fraction of sp³-hybridized carbons (Fsp3) is 0.545. The Kier molecular flexibility index (Phi) is 6.50. The van der Waals surface area contributed by atoms with E-state index in [1.165, 1.54) is 0 Å². The predicted octanol–water partition coefficient (Wildman–Crippen LogP) is 3.16. The molecule has 0 spiro atoms. The third-order valence-electron chi connectivity index (χ3n) is 5.74. The molecule has 0 saturated carbocycles. The lowest BCUT2D eigenvalue weighted by Gasteiger charge is -2.24. The van der Waals surface area contributed by atoms with Gasteiger partial charge in [0.2, 0.25) is 11.8 Å². The zero-order valence-electron chi connectivity index (χ0n) is 18.2. The number of hydrogen-bond acceptors (Lipinski definition) is 8. The van der Waals surface area contributed by atoms with Crippen LogP contribution in [0.25, 0.3) is 0 Å². The highest BCUT2D eigenvalue weighted by molar-refractivity contribution is 5.89. The minimum Gasteiger partial charge on any atom is -0.474 e. The highest BCUT2D eigenvalue weighted by Crippen LogP contribution is 2.27. The smallest absolute Gasteiger partial charge is 0.415 e. The average molecular weight is 427 g/mol. The first-order valence-corrected chi connectivity index (χ1v) is 10.9. The maximum absolute atomic E-state index is 12.2. The van der Waals surface area contributed by atoms with E-state index in [0.717, 1.165) is 31.5 Å². The Labute approximate surface area is 182 Å². The van der Waals surface area contributed by atoms with E-state index in [1.54, 1.807) is 17.2 Å². The Morgan fingerprint density at radius 1 is 1.19 bits per heavy atom. The predicted molar refractivity (Wildman–Crippen MR) is 117 cm³/mol. The van der Waals surface area contributed by atoms with Crippen LogP contribution in [-0.4, -0.2) is 52.9 Å². The summed E-state index contributed by atoms with van der Waals surface area (Å²) in [5.41, 5.74) is 0.993. The number of nitrogens with one attached hydrogen (secondary N) is 2. The number of ether oxygens (including phenoxy) is 2. The molecule has 0 radical (unpaired) electrons. The fourth-order valence-electron chi connectivity index (χ4n) is 3.82. The van der Waals surface area contributed by atoms with Crippen molar-refractivity contribution in [2.75, 3.05) is 29.9 Å². The van der Waals surface area contributed by atoms with Crippen molar-refractivity contribution in [1.29, 1.82) is 0 Å². The molecule has 2 aromatic rings. The number of hydrogen-bond donors (Lipinski definition) is 2. The van der Waals surface area contributed by atoms with E-state index in [4.69, 9.17) is 9.47 Å². The van der Waals surface area contributed by atoms with Gasteiger partial charge in [-0.3, -0.25) is 4.90 Å². The molecule has 166 valence electrons. The zero-order valence-corrected chi connectivity index (χ0v) is 18.2. The monoisotopic (exact) mass is 426 g/mol. The molecule has 4 rings (SSSR count). The summed E-state index contributed by atoms with van der Waals surface area (Å²) in [7, 11) is 0. The van der Waals surface area contributed by atoms with Gasteiger partial charge in [0.1, 0.15) is 18.5 Å². The number of cyclic esters (lactones) is 1. The summed E-state index contributed by atoms with van der Waals surface area (Å²) >= 11 is 0. The van der Waals surface area contributed by atoms with Gasteiger partial charge in [-0.15, -0.1) is 0 Å². The maximum atomic E-state index is 12.2. The van der Waals surface area contributed by atoms with Crippen molar-refractivity contribution in [2.45, 2.75) is 51.8 Å². The van der Waals surface area contributed by atoms with Gasteiger partial charge in [0.25, 0.3) is 0 Å². The van der Waals surface area contributed by atoms with E-state index in [9.17, 15) is 4.79 Å². The van der Waals surface area contributed by atoms with E-state index in [-0.39, 0.29) is 30.2 Å². The van der Waals surface area contributed by atoms with Crippen molar-refractivity contribution in [1.82, 2.24) is 20.3 Å². The lowest BCUT2D eigenvalue weighted by molar-refractivity contribution is 0.156. The molecule has 31 heavy (non-hydrogen) atoms. The SMILES string of the molecule is CC(C)C1COC(=O)N1c1ccnc(N[C@@H](C)c2ccc(OC3CCNCC3)nc2)n1. The molecule has 2 atom stereocenters. The Balaban J connectivity index is 1.41. The standard InChI is InChI=1S/C22H30N6O3/c1-14(2)18-13-30-22(29)28(18)19-8-11-24-21(27-19)26-15(3)16-4-5-20(25-12-16)31-17-6-9-23-10-7-17/h4-5,8,11-12,14-15,17-18,23H,6-7,9-10,13H2,1-3H3,(H,24,26,27)/t15-,18?/m0/s1. The molecule has 0 aliphatic carbocycles. The third-order valence-corrected chi connectivity index (χ3v) is 5.74. The number of amides is 1. The normalized spacial score (nSPS) is 20.6. The minimum atomic E-state index is -0.370. The summed E-state index contributed by atoms with van der Waals surface area (Å²) in [6.45, 7) is 8.48. The van der Waals surface area contributed by atoms with E-state index in [1.807, 2.05) is 25.3 Å². The van der Waals surface area contributed by atoms with Crippen LogP contribution < -0.4 is 20.3 Å². The molecule has 1 amide bonds. The van der Waals surface area contributed by atoms with Crippen molar-refractivity contribution >= 4 is 17.9 Å². The molecule has 9 nitrogen and oxygen atoms in total. The third kappa shape index (κ3) is 5.04. The number of carbonyl (C=O) groups is 1. The Morgan fingerprint density at radius 2 is 2.00 bits per heavy atom. The topological polar surface area (TPSA) is 102 Å². The minimum absolute atomic E-state index is 0.0376. The van der Waals surface area contributed by atoms with Crippen LogP contribution in [0.2, 0.25) is 0 Å². The highest BCUT2D eigenvalue weighted by atomic mass is 16.6. The zero-order chi connectivity index (χ0) is 21.8. The molecule has 9 heteroatoms. The number of carbonyl (C=O) groups excluding carboxylic acids is 1. The highest BCUT2D eigenvalue weighted by Gasteiger charge is 2.37. The van der Waals surface area contributed by atoms with Crippen LogP contribution >= 0.6 is 0 Å². The largest absolute Gasteiger partial charge is 0.474 e. The molecule has 0 bridgehead atoms. The van der Waals surface area contributed by atoms with Gasteiger partial charge in [0, 0.05) is 18.5 Å². The van der Waals surface area contributed by atoms with Crippen LogP contribution in [-0.2, 0) is 4.74 Å². The Bertz CT molecular complexity index is 885. The van der Waals surface area contributed by atoms with Crippen LogP contribution in [0.5, 0.6) is 5.88 Å². The van der Waals surface area contributed by atoms with Crippen molar-refractivity contribution in [3.8, 4) is 5.88 Å². The van der Waals surface area contributed by atoms with Crippen LogP contribution in [0.1, 0.15) is 45.2 Å². The summed E-state index contributed by atoms with van der Waals surface area (Å²) in [6.07, 6.45) is 5.30. The number of nitrogens with zero attached hydrogens (tertiary/aromatic N) is 4. The lowest BCUT2D eigenvalue weighted by atomic mass is 10.0.